The highest BCUT2D eigenvalue weighted by atomic mass is 15.2. The molecule has 2 rings (SSSR count). The molecular weight excluding hydrogens is 220 g/mol. The van der Waals surface area contributed by atoms with Crippen LogP contribution in [0.2, 0.25) is 0 Å². The molecule has 2 N–H and O–H groups in total. The van der Waals surface area contributed by atoms with Gasteiger partial charge in [-0.2, -0.15) is 0 Å². The third-order valence-corrected chi connectivity index (χ3v) is 4.97. The zero-order chi connectivity index (χ0) is 13.0. The molecule has 2 heteroatoms. The minimum absolute atomic E-state index is 0.437. The van der Waals surface area contributed by atoms with Gasteiger partial charge in [0, 0.05) is 18.1 Å². The molecule has 0 radical (unpaired) electrons. The third-order valence-electron chi connectivity index (χ3n) is 4.97. The van der Waals surface area contributed by atoms with Gasteiger partial charge in [0.25, 0.3) is 0 Å². The first-order valence-electron chi connectivity index (χ1n) is 8.20. The molecule has 2 aliphatic rings. The summed E-state index contributed by atoms with van der Waals surface area (Å²) in [6, 6.07) is 1.96. The Kier molecular flexibility index (Phi) is 5.50. The first kappa shape index (κ1) is 14.3. The van der Waals surface area contributed by atoms with Crippen molar-refractivity contribution in [1.82, 2.24) is 4.90 Å². The molecule has 0 aromatic rings. The van der Waals surface area contributed by atoms with Crippen molar-refractivity contribution in [2.24, 2.45) is 11.7 Å². The van der Waals surface area contributed by atoms with Crippen LogP contribution < -0.4 is 5.73 Å². The maximum atomic E-state index is 6.41. The lowest BCUT2D eigenvalue weighted by Gasteiger charge is -2.42. The Morgan fingerprint density at radius 1 is 1.00 bits per heavy atom. The van der Waals surface area contributed by atoms with Crippen molar-refractivity contribution in [1.29, 1.82) is 0 Å². The zero-order valence-corrected chi connectivity index (χ0v) is 12.4. The van der Waals surface area contributed by atoms with E-state index in [1.54, 1.807) is 0 Å². The van der Waals surface area contributed by atoms with Gasteiger partial charge in [0.15, 0.2) is 0 Å². The highest BCUT2D eigenvalue weighted by Crippen LogP contribution is 2.30. The second-order valence-corrected chi connectivity index (χ2v) is 6.87. The van der Waals surface area contributed by atoms with Gasteiger partial charge in [-0.25, -0.2) is 0 Å². The fourth-order valence-corrected chi connectivity index (χ4v) is 3.81. The largest absolute Gasteiger partial charge is 0.326 e. The Bertz CT molecular complexity index is 233. The predicted octanol–water partition coefficient (Wildman–Crippen LogP) is 3.55. The fraction of sp³-hybridized carbons (Fsp3) is 1.00. The summed E-state index contributed by atoms with van der Waals surface area (Å²) in [6.45, 7) is 5.96. The van der Waals surface area contributed by atoms with Crippen LogP contribution in [-0.2, 0) is 0 Å². The quantitative estimate of drug-likeness (QED) is 0.811. The second-order valence-electron chi connectivity index (χ2n) is 6.87. The van der Waals surface area contributed by atoms with Crippen LogP contribution in [0, 0.1) is 5.92 Å². The Labute approximate surface area is 113 Å². The van der Waals surface area contributed by atoms with E-state index in [4.69, 9.17) is 5.73 Å². The van der Waals surface area contributed by atoms with Crippen molar-refractivity contribution in [2.45, 2.75) is 89.8 Å². The summed E-state index contributed by atoms with van der Waals surface area (Å²) in [4.78, 5) is 2.82. The van der Waals surface area contributed by atoms with E-state index in [1.807, 2.05) is 0 Å². The summed E-state index contributed by atoms with van der Waals surface area (Å²) in [5, 5.41) is 0. The topological polar surface area (TPSA) is 29.3 Å². The Morgan fingerprint density at radius 2 is 1.61 bits per heavy atom. The number of nitrogens with zero attached hydrogens (tertiary/aromatic N) is 1. The second kappa shape index (κ2) is 6.91. The van der Waals surface area contributed by atoms with Crippen molar-refractivity contribution >= 4 is 0 Å². The van der Waals surface area contributed by atoms with Gasteiger partial charge in [-0.1, -0.05) is 39.5 Å². The van der Waals surface area contributed by atoms with Crippen LogP contribution in [0.5, 0.6) is 0 Å². The molecule has 0 saturated heterocycles. The lowest BCUT2D eigenvalue weighted by atomic mass is 9.88. The standard InChI is InChI=1S/C16H32N2/c1-13(2)11-12-18(14-7-3-4-8-14)16-10-6-5-9-15(16)17/h13-16H,3-12,17H2,1-2H3. The molecule has 2 saturated carbocycles. The van der Waals surface area contributed by atoms with Crippen LogP contribution in [-0.4, -0.2) is 29.6 Å². The normalized spacial score (nSPS) is 30.5. The Balaban J connectivity index is 1.97. The van der Waals surface area contributed by atoms with Gasteiger partial charge < -0.3 is 5.73 Å². The Hall–Kier alpha value is -0.0800. The van der Waals surface area contributed by atoms with Crippen LogP contribution in [0.4, 0.5) is 0 Å². The lowest BCUT2D eigenvalue weighted by molar-refractivity contribution is 0.0862. The van der Waals surface area contributed by atoms with Gasteiger partial charge in [-0.05, 0) is 44.6 Å². The first-order chi connectivity index (χ1) is 8.68. The van der Waals surface area contributed by atoms with Crippen molar-refractivity contribution < 1.29 is 0 Å². The van der Waals surface area contributed by atoms with Crippen LogP contribution in [0.1, 0.15) is 71.6 Å². The smallest absolute Gasteiger partial charge is 0.0250 e. The van der Waals surface area contributed by atoms with E-state index in [9.17, 15) is 0 Å². The maximum Gasteiger partial charge on any atom is 0.0250 e. The molecule has 0 heterocycles. The molecular formula is C16H32N2. The summed E-state index contributed by atoms with van der Waals surface area (Å²) < 4.78 is 0. The minimum atomic E-state index is 0.437. The molecule has 0 bridgehead atoms. The van der Waals surface area contributed by atoms with E-state index >= 15 is 0 Å². The van der Waals surface area contributed by atoms with Gasteiger partial charge in [-0.3, -0.25) is 4.90 Å². The average Bonchev–Trinajstić information content (AvgIpc) is 2.85. The summed E-state index contributed by atoms with van der Waals surface area (Å²) in [6.07, 6.45) is 12.4. The molecule has 0 aliphatic heterocycles. The molecule has 2 nitrogen and oxygen atoms in total. The van der Waals surface area contributed by atoms with E-state index in [1.165, 1.54) is 64.3 Å². The van der Waals surface area contributed by atoms with Crippen molar-refractivity contribution in [3.8, 4) is 0 Å². The summed E-state index contributed by atoms with van der Waals surface area (Å²) in [7, 11) is 0. The number of hydrogen-bond acceptors (Lipinski definition) is 2. The zero-order valence-electron chi connectivity index (χ0n) is 12.4. The monoisotopic (exact) mass is 252 g/mol. The van der Waals surface area contributed by atoms with E-state index in [0.29, 0.717) is 12.1 Å². The predicted molar refractivity (Wildman–Crippen MR) is 78.6 cm³/mol. The highest BCUT2D eigenvalue weighted by Gasteiger charge is 2.33. The van der Waals surface area contributed by atoms with Crippen molar-refractivity contribution in [2.75, 3.05) is 6.54 Å². The number of hydrogen-bond donors (Lipinski definition) is 1. The maximum absolute atomic E-state index is 6.41. The molecule has 2 atom stereocenters. The van der Waals surface area contributed by atoms with E-state index in [-0.39, 0.29) is 0 Å². The van der Waals surface area contributed by atoms with Gasteiger partial charge in [0.05, 0.1) is 0 Å². The molecule has 0 aromatic heterocycles. The molecule has 0 amide bonds. The summed E-state index contributed by atoms with van der Waals surface area (Å²) in [5.41, 5.74) is 6.41. The number of rotatable bonds is 5. The summed E-state index contributed by atoms with van der Waals surface area (Å²) in [5.74, 6) is 0.814. The van der Waals surface area contributed by atoms with Crippen LogP contribution in [0.3, 0.4) is 0 Å². The van der Waals surface area contributed by atoms with Gasteiger partial charge in [0.1, 0.15) is 0 Å². The lowest BCUT2D eigenvalue weighted by Crippen LogP contribution is -2.53. The van der Waals surface area contributed by atoms with Gasteiger partial charge in [0.2, 0.25) is 0 Å². The third kappa shape index (κ3) is 3.71. The molecule has 18 heavy (non-hydrogen) atoms. The molecule has 0 aromatic carbocycles. The molecule has 0 spiro atoms. The average molecular weight is 252 g/mol. The molecule has 106 valence electrons. The van der Waals surface area contributed by atoms with Crippen molar-refractivity contribution in [3.05, 3.63) is 0 Å². The summed E-state index contributed by atoms with van der Waals surface area (Å²) >= 11 is 0. The fourth-order valence-electron chi connectivity index (χ4n) is 3.81. The van der Waals surface area contributed by atoms with E-state index in [2.05, 4.69) is 18.7 Å². The SMILES string of the molecule is CC(C)CCN(C1CCCC1)C1CCCCC1N. The molecule has 2 fully saturated rings. The Morgan fingerprint density at radius 3 is 2.22 bits per heavy atom. The van der Waals surface area contributed by atoms with Crippen LogP contribution >= 0.6 is 0 Å². The highest BCUT2D eigenvalue weighted by molar-refractivity contribution is 4.90. The molecule has 2 unspecified atom stereocenters. The van der Waals surface area contributed by atoms with Crippen molar-refractivity contribution in [3.63, 3.8) is 0 Å². The van der Waals surface area contributed by atoms with Gasteiger partial charge in [-0.15, -0.1) is 0 Å². The molecule has 2 aliphatic carbocycles. The van der Waals surface area contributed by atoms with Crippen LogP contribution in [0.25, 0.3) is 0 Å². The van der Waals surface area contributed by atoms with E-state index in [0.717, 1.165) is 12.0 Å². The van der Waals surface area contributed by atoms with Crippen LogP contribution in [0.15, 0.2) is 0 Å². The first-order valence-corrected chi connectivity index (χ1v) is 8.20. The number of nitrogens with two attached hydrogens (primary N) is 1. The minimum Gasteiger partial charge on any atom is -0.326 e. The van der Waals surface area contributed by atoms with Gasteiger partial charge >= 0.3 is 0 Å². The van der Waals surface area contributed by atoms with E-state index < -0.39 is 0 Å².